The van der Waals surface area contributed by atoms with Crippen molar-refractivity contribution < 1.29 is 9.53 Å². The monoisotopic (exact) mass is 356 g/mol. The number of carbonyl (C=O) groups excluding carboxylic acids is 1. The third-order valence-electron chi connectivity index (χ3n) is 4.31. The number of thioether (sulfide) groups is 1. The van der Waals surface area contributed by atoms with E-state index in [0.717, 1.165) is 48.0 Å². The van der Waals surface area contributed by atoms with E-state index in [1.807, 2.05) is 17.0 Å². The van der Waals surface area contributed by atoms with Crippen LogP contribution in [0.1, 0.15) is 34.3 Å². The highest BCUT2D eigenvalue weighted by Crippen LogP contribution is 2.21. The SMILES string of the molecule is Cc1ccc(C)c(OCCSc2ccc(C(=O)N3CCCC3)cn2)c1. The van der Waals surface area contributed by atoms with Crippen molar-refractivity contribution in [2.45, 2.75) is 31.7 Å². The number of ether oxygens (including phenoxy) is 1. The van der Waals surface area contributed by atoms with Crippen LogP contribution in [-0.2, 0) is 0 Å². The average molecular weight is 356 g/mol. The molecular weight excluding hydrogens is 332 g/mol. The van der Waals surface area contributed by atoms with E-state index in [0.29, 0.717) is 12.2 Å². The van der Waals surface area contributed by atoms with Crippen LogP contribution in [0.15, 0.2) is 41.6 Å². The Morgan fingerprint density at radius 3 is 2.72 bits per heavy atom. The molecule has 1 aromatic carbocycles. The van der Waals surface area contributed by atoms with Crippen LogP contribution in [-0.4, -0.2) is 41.2 Å². The fourth-order valence-corrected chi connectivity index (χ4v) is 3.52. The first-order valence-corrected chi connectivity index (χ1v) is 9.70. The van der Waals surface area contributed by atoms with Gasteiger partial charge in [-0.15, -0.1) is 11.8 Å². The summed E-state index contributed by atoms with van der Waals surface area (Å²) in [5.74, 6) is 1.86. The van der Waals surface area contributed by atoms with E-state index in [1.54, 1.807) is 18.0 Å². The maximum atomic E-state index is 12.3. The number of aromatic nitrogens is 1. The van der Waals surface area contributed by atoms with Crippen molar-refractivity contribution in [3.8, 4) is 5.75 Å². The summed E-state index contributed by atoms with van der Waals surface area (Å²) in [4.78, 5) is 18.6. The van der Waals surface area contributed by atoms with Gasteiger partial charge in [0.25, 0.3) is 5.91 Å². The molecule has 4 nitrogen and oxygen atoms in total. The molecule has 0 radical (unpaired) electrons. The molecule has 1 aliphatic heterocycles. The molecule has 1 fully saturated rings. The van der Waals surface area contributed by atoms with Crippen molar-refractivity contribution in [2.24, 2.45) is 0 Å². The van der Waals surface area contributed by atoms with E-state index in [2.05, 4.69) is 37.0 Å². The molecule has 25 heavy (non-hydrogen) atoms. The molecule has 5 heteroatoms. The zero-order valence-electron chi connectivity index (χ0n) is 14.8. The fraction of sp³-hybridized carbons (Fsp3) is 0.400. The second-order valence-corrected chi connectivity index (χ2v) is 7.47. The van der Waals surface area contributed by atoms with Gasteiger partial charge in [-0.2, -0.15) is 0 Å². The number of likely N-dealkylation sites (tertiary alicyclic amines) is 1. The summed E-state index contributed by atoms with van der Waals surface area (Å²) in [7, 11) is 0. The summed E-state index contributed by atoms with van der Waals surface area (Å²) >= 11 is 1.64. The number of carbonyl (C=O) groups is 1. The number of amides is 1. The molecule has 0 atom stereocenters. The van der Waals surface area contributed by atoms with Gasteiger partial charge in [-0.25, -0.2) is 4.98 Å². The molecule has 0 unspecified atom stereocenters. The molecule has 132 valence electrons. The molecule has 1 aliphatic rings. The number of hydrogen-bond acceptors (Lipinski definition) is 4. The lowest BCUT2D eigenvalue weighted by Gasteiger charge is -2.14. The van der Waals surface area contributed by atoms with E-state index in [9.17, 15) is 4.79 Å². The van der Waals surface area contributed by atoms with Crippen molar-refractivity contribution in [1.29, 1.82) is 0 Å². The van der Waals surface area contributed by atoms with E-state index in [-0.39, 0.29) is 5.91 Å². The molecule has 2 aromatic rings. The van der Waals surface area contributed by atoms with Crippen LogP contribution in [0.2, 0.25) is 0 Å². The first-order valence-electron chi connectivity index (χ1n) is 8.71. The zero-order chi connectivity index (χ0) is 17.6. The van der Waals surface area contributed by atoms with Crippen molar-refractivity contribution >= 4 is 17.7 Å². The summed E-state index contributed by atoms with van der Waals surface area (Å²) in [6.45, 7) is 6.48. The first kappa shape index (κ1) is 17.8. The summed E-state index contributed by atoms with van der Waals surface area (Å²) in [6, 6.07) is 10.0. The predicted octanol–water partition coefficient (Wildman–Crippen LogP) is 4.11. The largest absolute Gasteiger partial charge is 0.492 e. The van der Waals surface area contributed by atoms with Crippen LogP contribution in [0.25, 0.3) is 0 Å². The van der Waals surface area contributed by atoms with Crippen molar-refractivity contribution in [3.05, 3.63) is 53.2 Å². The van der Waals surface area contributed by atoms with Crippen LogP contribution < -0.4 is 4.74 Å². The van der Waals surface area contributed by atoms with E-state index in [1.165, 1.54) is 5.56 Å². The summed E-state index contributed by atoms with van der Waals surface area (Å²) in [6.07, 6.45) is 3.90. The van der Waals surface area contributed by atoms with Crippen molar-refractivity contribution in [3.63, 3.8) is 0 Å². The quantitative estimate of drug-likeness (QED) is 0.577. The molecule has 1 amide bonds. The lowest BCUT2D eigenvalue weighted by Crippen LogP contribution is -2.27. The smallest absolute Gasteiger partial charge is 0.255 e. The number of rotatable bonds is 6. The number of aryl methyl sites for hydroxylation is 2. The molecule has 1 saturated heterocycles. The minimum absolute atomic E-state index is 0.0970. The lowest BCUT2D eigenvalue weighted by atomic mass is 10.1. The van der Waals surface area contributed by atoms with Gasteiger partial charge in [0.2, 0.25) is 0 Å². The minimum atomic E-state index is 0.0970. The van der Waals surface area contributed by atoms with Crippen LogP contribution >= 0.6 is 11.8 Å². The molecule has 1 aromatic heterocycles. The molecular formula is C20H24N2O2S. The topological polar surface area (TPSA) is 42.4 Å². The molecule has 0 aliphatic carbocycles. The van der Waals surface area contributed by atoms with Crippen LogP contribution in [0.4, 0.5) is 0 Å². The van der Waals surface area contributed by atoms with Gasteiger partial charge >= 0.3 is 0 Å². The molecule has 3 rings (SSSR count). The van der Waals surface area contributed by atoms with Crippen LogP contribution in [0.3, 0.4) is 0 Å². The van der Waals surface area contributed by atoms with E-state index in [4.69, 9.17) is 4.74 Å². The lowest BCUT2D eigenvalue weighted by molar-refractivity contribution is 0.0792. The maximum Gasteiger partial charge on any atom is 0.255 e. The Balaban J connectivity index is 1.47. The Morgan fingerprint density at radius 1 is 1.20 bits per heavy atom. The minimum Gasteiger partial charge on any atom is -0.492 e. The Kier molecular flexibility index (Phi) is 5.97. The maximum absolute atomic E-state index is 12.3. The van der Waals surface area contributed by atoms with Gasteiger partial charge in [0.15, 0.2) is 0 Å². The standard InChI is InChI=1S/C20H24N2O2S/c1-15-5-6-16(2)18(13-15)24-11-12-25-19-8-7-17(14-21-19)20(23)22-9-3-4-10-22/h5-8,13-14H,3-4,9-12H2,1-2H3. The number of nitrogens with zero attached hydrogens (tertiary/aromatic N) is 2. The van der Waals surface area contributed by atoms with Gasteiger partial charge in [0, 0.05) is 25.0 Å². The number of hydrogen-bond donors (Lipinski definition) is 0. The second kappa shape index (κ2) is 8.39. The molecule has 0 saturated carbocycles. The highest BCUT2D eigenvalue weighted by Gasteiger charge is 2.19. The molecule has 0 bridgehead atoms. The van der Waals surface area contributed by atoms with Gasteiger partial charge in [0.05, 0.1) is 17.2 Å². The number of benzene rings is 1. The summed E-state index contributed by atoms with van der Waals surface area (Å²) < 4.78 is 5.86. The van der Waals surface area contributed by atoms with Gasteiger partial charge in [0.1, 0.15) is 5.75 Å². The van der Waals surface area contributed by atoms with Crippen LogP contribution in [0.5, 0.6) is 5.75 Å². The van der Waals surface area contributed by atoms with Gasteiger partial charge < -0.3 is 9.64 Å². The molecule has 0 spiro atoms. The van der Waals surface area contributed by atoms with E-state index >= 15 is 0 Å². The summed E-state index contributed by atoms with van der Waals surface area (Å²) in [5.41, 5.74) is 3.03. The Labute approximate surface area is 153 Å². The molecule has 0 N–H and O–H groups in total. The van der Waals surface area contributed by atoms with Gasteiger partial charge in [-0.05, 0) is 56.0 Å². The Morgan fingerprint density at radius 2 is 2.00 bits per heavy atom. The van der Waals surface area contributed by atoms with E-state index < -0.39 is 0 Å². The Bertz CT molecular complexity index is 725. The Hall–Kier alpha value is -2.01. The fourth-order valence-electron chi connectivity index (χ4n) is 2.86. The molecule has 2 heterocycles. The highest BCUT2D eigenvalue weighted by atomic mass is 32.2. The van der Waals surface area contributed by atoms with Crippen molar-refractivity contribution in [1.82, 2.24) is 9.88 Å². The first-order chi connectivity index (χ1) is 12.1. The van der Waals surface area contributed by atoms with Gasteiger partial charge in [-0.1, -0.05) is 12.1 Å². The number of pyridine rings is 1. The third-order valence-corrected chi connectivity index (χ3v) is 5.22. The van der Waals surface area contributed by atoms with Gasteiger partial charge in [-0.3, -0.25) is 4.79 Å². The average Bonchev–Trinajstić information content (AvgIpc) is 3.16. The highest BCUT2D eigenvalue weighted by molar-refractivity contribution is 7.99. The summed E-state index contributed by atoms with van der Waals surface area (Å²) in [5, 5.41) is 0.919. The third kappa shape index (κ3) is 4.75. The predicted molar refractivity (Wildman–Crippen MR) is 102 cm³/mol. The normalized spacial score (nSPS) is 13.9. The zero-order valence-corrected chi connectivity index (χ0v) is 15.6. The van der Waals surface area contributed by atoms with Crippen LogP contribution in [0, 0.1) is 13.8 Å². The second-order valence-electron chi connectivity index (χ2n) is 6.35. The van der Waals surface area contributed by atoms with Crippen molar-refractivity contribution in [2.75, 3.05) is 25.4 Å².